The summed E-state index contributed by atoms with van der Waals surface area (Å²) in [5.41, 5.74) is 1.68. The molecule has 140 valence electrons. The molecule has 0 aromatic heterocycles. The maximum Gasteiger partial charge on any atom is 0.293 e. The quantitative estimate of drug-likeness (QED) is 0.376. The maximum absolute atomic E-state index is 12.7. The standard InChI is InChI=1S/C19H14Br3NO3S/c1-2-26-17-14(21)7-11(8-15(17)22)9-16-18(24)23(19(25)27-16)10-12-5-3-4-6-13(12)20/h3-9H,2,10H2,1H3/b16-9-. The van der Waals surface area contributed by atoms with Gasteiger partial charge in [-0.15, -0.1) is 0 Å². The Hall–Kier alpha value is -1.09. The Bertz CT molecular complexity index is 923. The van der Waals surface area contributed by atoms with Crippen molar-refractivity contribution in [3.63, 3.8) is 0 Å². The van der Waals surface area contributed by atoms with Gasteiger partial charge < -0.3 is 4.74 Å². The number of hydrogen-bond donors (Lipinski definition) is 0. The fourth-order valence-corrected chi connectivity index (χ4v) is 5.23. The van der Waals surface area contributed by atoms with Gasteiger partial charge >= 0.3 is 0 Å². The van der Waals surface area contributed by atoms with Crippen LogP contribution >= 0.6 is 59.6 Å². The molecule has 0 saturated carbocycles. The molecule has 8 heteroatoms. The van der Waals surface area contributed by atoms with E-state index in [9.17, 15) is 9.59 Å². The van der Waals surface area contributed by atoms with Crippen molar-refractivity contribution in [2.75, 3.05) is 6.61 Å². The molecule has 2 amide bonds. The molecule has 1 saturated heterocycles. The molecule has 3 rings (SSSR count). The molecule has 0 unspecified atom stereocenters. The highest BCUT2D eigenvalue weighted by molar-refractivity contribution is 9.11. The Morgan fingerprint density at radius 1 is 1.07 bits per heavy atom. The van der Waals surface area contributed by atoms with Crippen LogP contribution in [-0.4, -0.2) is 22.7 Å². The zero-order chi connectivity index (χ0) is 19.6. The zero-order valence-electron chi connectivity index (χ0n) is 14.2. The van der Waals surface area contributed by atoms with Crippen LogP contribution in [0.25, 0.3) is 6.08 Å². The van der Waals surface area contributed by atoms with Crippen molar-refractivity contribution in [3.05, 3.63) is 65.8 Å². The normalized spacial score (nSPS) is 15.7. The number of carbonyl (C=O) groups excluding carboxylic acids is 2. The van der Waals surface area contributed by atoms with Gasteiger partial charge in [-0.2, -0.15) is 0 Å². The smallest absolute Gasteiger partial charge is 0.293 e. The molecule has 27 heavy (non-hydrogen) atoms. The second-order valence-corrected chi connectivity index (χ2v) is 9.16. The Morgan fingerprint density at radius 3 is 2.37 bits per heavy atom. The lowest BCUT2D eigenvalue weighted by Crippen LogP contribution is -2.27. The minimum atomic E-state index is -0.290. The third kappa shape index (κ3) is 4.67. The van der Waals surface area contributed by atoms with Gasteiger partial charge in [-0.05, 0) is 85.9 Å². The predicted octanol–water partition coefficient (Wildman–Crippen LogP) is 6.61. The summed E-state index contributed by atoms with van der Waals surface area (Å²) in [7, 11) is 0. The number of amides is 2. The van der Waals surface area contributed by atoms with Crippen molar-refractivity contribution in [2.24, 2.45) is 0 Å². The SMILES string of the molecule is CCOc1c(Br)cc(/C=C2\SC(=O)N(Cc3ccccc3Br)C2=O)cc1Br. The van der Waals surface area contributed by atoms with Crippen molar-refractivity contribution in [2.45, 2.75) is 13.5 Å². The van der Waals surface area contributed by atoms with E-state index in [-0.39, 0.29) is 17.7 Å². The van der Waals surface area contributed by atoms with Gasteiger partial charge in [0.25, 0.3) is 11.1 Å². The number of hydrogen-bond acceptors (Lipinski definition) is 4. The van der Waals surface area contributed by atoms with Gasteiger partial charge in [-0.3, -0.25) is 14.5 Å². The number of benzene rings is 2. The molecule has 0 N–H and O–H groups in total. The minimum absolute atomic E-state index is 0.236. The lowest BCUT2D eigenvalue weighted by atomic mass is 10.2. The summed E-state index contributed by atoms with van der Waals surface area (Å²) >= 11 is 11.4. The molecule has 0 radical (unpaired) electrons. The van der Waals surface area contributed by atoms with Crippen LogP contribution in [0.3, 0.4) is 0 Å². The van der Waals surface area contributed by atoms with E-state index in [2.05, 4.69) is 47.8 Å². The summed E-state index contributed by atoms with van der Waals surface area (Å²) in [6, 6.07) is 11.3. The average Bonchev–Trinajstić information content (AvgIpc) is 2.87. The Morgan fingerprint density at radius 2 is 1.74 bits per heavy atom. The first-order valence-electron chi connectivity index (χ1n) is 8.01. The van der Waals surface area contributed by atoms with Crippen LogP contribution in [0.15, 0.2) is 54.7 Å². The summed E-state index contributed by atoms with van der Waals surface area (Å²) in [5, 5.41) is -0.272. The number of nitrogens with zero attached hydrogens (tertiary/aromatic N) is 1. The highest BCUT2D eigenvalue weighted by Crippen LogP contribution is 2.38. The fraction of sp³-hybridized carbons (Fsp3) is 0.158. The first kappa shape index (κ1) is 20.6. The van der Waals surface area contributed by atoms with Gasteiger partial charge in [0.2, 0.25) is 0 Å². The molecule has 0 spiro atoms. The first-order valence-corrected chi connectivity index (χ1v) is 11.2. The number of carbonyl (C=O) groups is 2. The second-order valence-electron chi connectivity index (χ2n) is 5.61. The van der Waals surface area contributed by atoms with Crippen LogP contribution in [0.1, 0.15) is 18.1 Å². The zero-order valence-corrected chi connectivity index (χ0v) is 19.7. The predicted molar refractivity (Wildman–Crippen MR) is 119 cm³/mol. The Balaban J connectivity index is 1.85. The molecule has 0 bridgehead atoms. The van der Waals surface area contributed by atoms with Crippen LogP contribution in [-0.2, 0) is 11.3 Å². The largest absolute Gasteiger partial charge is 0.492 e. The van der Waals surface area contributed by atoms with Crippen LogP contribution in [0, 0.1) is 0 Å². The summed E-state index contributed by atoms with van der Waals surface area (Å²) in [5.74, 6) is 0.415. The van der Waals surface area contributed by atoms with Crippen LogP contribution in [0.5, 0.6) is 5.75 Å². The molecule has 2 aromatic carbocycles. The summed E-state index contributed by atoms with van der Waals surface area (Å²) in [6.45, 7) is 2.69. The molecular formula is C19H14Br3NO3S. The van der Waals surface area contributed by atoms with Gasteiger partial charge in [0.15, 0.2) is 0 Å². The van der Waals surface area contributed by atoms with Crippen LogP contribution < -0.4 is 4.74 Å². The highest BCUT2D eigenvalue weighted by Gasteiger charge is 2.35. The van der Waals surface area contributed by atoms with E-state index < -0.39 is 0 Å². The first-order chi connectivity index (χ1) is 12.9. The summed E-state index contributed by atoms with van der Waals surface area (Å²) in [6.07, 6.45) is 1.72. The number of ether oxygens (including phenoxy) is 1. The molecule has 1 aliphatic heterocycles. The molecule has 4 nitrogen and oxygen atoms in total. The lowest BCUT2D eigenvalue weighted by molar-refractivity contribution is -0.123. The molecular weight excluding hydrogens is 562 g/mol. The number of halogens is 3. The third-order valence-electron chi connectivity index (χ3n) is 3.77. The van der Waals surface area contributed by atoms with E-state index in [0.29, 0.717) is 17.3 Å². The molecule has 2 aromatic rings. The van der Waals surface area contributed by atoms with Crippen molar-refractivity contribution in [1.82, 2.24) is 4.90 Å². The van der Waals surface area contributed by atoms with E-state index >= 15 is 0 Å². The summed E-state index contributed by atoms with van der Waals surface area (Å²) < 4.78 is 7.99. The van der Waals surface area contributed by atoms with E-state index in [1.54, 1.807) is 6.08 Å². The number of imide groups is 1. The molecule has 1 heterocycles. The fourth-order valence-electron chi connectivity index (χ4n) is 2.53. The van der Waals surface area contributed by atoms with E-state index in [1.165, 1.54) is 4.90 Å². The van der Waals surface area contributed by atoms with Gasteiger partial charge in [-0.25, -0.2) is 0 Å². The molecule has 0 aliphatic carbocycles. The second kappa shape index (κ2) is 8.94. The van der Waals surface area contributed by atoms with Gasteiger partial charge in [0, 0.05) is 4.47 Å². The van der Waals surface area contributed by atoms with Gasteiger partial charge in [-0.1, -0.05) is 34.1 Å². The average molecular weight is 576 g/mol. The summed E-state index contributed by atoms with van der Waals surface area (Å²) in [4.78, 5) is 26.7. The Labute approximate surface area is 186 Å². The Kier molecular flexibility index (Phi) is 6.83. The highest BCUT2D eigenvalue weighted by atomic mass is 79.9. The molecule has 1 fully saturated rings. The van der Waals surface area contributed by atoms with Gasteiger partial charge in [0.1, 0.15) is 5.75 Å². The van der Waals surface area contributed by atoms with Crippen molar-refractivity contribution >= 4 is 76.8 Å². The van der Waals surface area contributed by atoms with E-state index in [4.69, 9.17) is 4.74 Å². The molecule has 0 atom stereocenters. The van der Waals surface area contributed by atoms with Crippen molar-refractivity contribution in [1.29, 1.82) is 0 Å². The van der Waals surface area contributed by atoms with E-state index in [0.717, 1.165) is 36.3 Å². The third-order valence-corrected chi connectivity index (χ3v) is 6.63. The van der Waals surface area contributed by atoms with E-state index in [1.807, 2.05) is 43.3 Å². The number of rotatable bonds is 5. The minimum Gasteiger partial charge on any atom is -0.492 e. The topological polar surface area (TPSA) is 46.6 Å². The maximum atomic E-state index is 12.7. The van der Waals surface area contributed by atoms with Crippen molar-refractivity contribution < 1.29 is 14.3 Å². The number of thioether (sulfide) groups is 1. The van der Waals surface area contributed by atoms with Crippen molar-refractivity contribution in [3.8, 4) is 5.75 Å². The molecule has 1 aliphatic rings. The monoisotopic (exact) mass is 573 g/mol. The van der Waals surface area contributed by atoms with Gasteiger partial charge in [0.05, 0.1) is 27.0 Å². The van der Waals surface area contributed by atoms with Crippen LogP contribution in [0.4, 0.5) is 4.79 Å². The van der Waals surface area contributed by atoms with Crippen LogP contribution in [0.2, 0.25) is 0 Å². The lowest BCUT2D eigenvalue weighted by Gasteiger charge is -2.13.